The van der Waals surface area contributed by atoms with Gasteiger partial charge in [-0.1, -0.05) is 18.2 Å². The molecule has 188 valence electrons. The summed E-state index contributed by atoms with van der Waals surface area (Å²) < 4.78 is 23.4. The van der Waals surface area contributed by atoms with Crippen LogP contribution in [0.1, 0.15) is 42.2 Å². The van der Waals surface area contributed by atoms with E-state index in [2.05, 4.69) is 0 Å². The summed E-state index contributed by atoms with van der Waals surface area (Å²) in [7, 11) is 5.92. The second-order valence-corrected chi connectivity index (χ2v) is 8.42. The molecule has 0 bridgehead atoms. The number of hydrogen-bond donors (Lipinski definition) is 1. The Kier molecular flexibility index (Phi) is 8.30. The van der Waals surface area contributed by atoms with E-state index in [0.717, 1.165) is 12.8 Å². The summed E-state index contributed by atoms with van der Waals surface area (Å²) in [4.78, 5) is 27.0. The Labute approximate surface area is 210 Å². The highest BCUT2D eigenvalue weighted by atomic mass is 35.5. The number of fused-ring (bicyclic) bond motifs is 1. The minimum absolute atomic E-state index is 0. The zero-order valence-corrected chi connectivity index (χ0v) is 21.1. The SMILES string of the molecule is COC(=O)c1c(-c2cc(OC)c(OC)c(OC)c2)c2ccccc2c(=O)n1C1CCC(N)CC1.Cl. The molecule has 3 aromatic rings. The summed E-state index contributed by atoms with van der Waals surface area (Å²) in [6.07, 6.45) is 2.98. The fourth-order valence-corrected chi connectivity index (χ4v) is 4.89. The van der Waals surface area contributed by atoms with Crippen LogP contribution in [0.15, 0.2) is 41.2 Å². The molecule has 0 amide bonds. The molecule has 8 nitrogen and oxygen atoms in total. The van der Waals surface area contributed by atoms with Crippen LogP contribution in [0, 0.1) is 0 Å². The maximum absolute atomic E-state index is 13.7. The number of ether oxygens (including phenoxy) is 4. The number of pyridine rings is 1. The van der Waals surface area contributed by atoms with E-state index >= 15 is 0 Å². The Morgan fingerprint density at radius 2 is 1.49 bits per heavy atom. The molecule has 2 N–H and O–H groups in total. The van der Waals surface area contributed by atoms with E-state index in [-0.39, 0.29) is 35.7 Å². The number of nitrogens with two attached hydrogens (primary N) is 1. The molecule has 1 aliphatic rings. The van der Waals surface area contributed by atoms with Gasteiger partial charge in [0.25, 0.3) is 5.56 Å². The zero-order chi connectivity index (χ0) is 24.4. The molecule has 1 aromatic heterocycles. The summed E-state index contributed by atoms with van der Waals surface area (Å²) in [6, 6.07) is 10.8. The number of carbonyl (C=O) groups is 1. The van der Waals surface area contributed by atoms with Gasteiger partial charge in [0, 0.05) is 23.0 Å². The van der Waals surface area contributed by atoms with E-state index in [1.165, 1.54) is 28.4 Å². The van der Waals surface area contributed by atoms with Crippen molar-refractivity contribution >= 4 is 29.1 Å². The lowest BCUT2D eigenvalue weighted by Crippen LogP contribution is -2.35. The van der Waals surface area contributed by atoms with Crippen LogP contribution in [0.25, 0.3) is 21.9 Å². The Morgan fingerprint density at radius 3 is 2.00 bits per heavy atom. The standard InChI is InChI=1S/C26H30N2O6.ClH/c1-31-20-13-15(14-21(32-2)24(20)33-3)22-18-7-5-6-8-19(18)25(29)28(23(22)26(30)34-4)17-11-9-16(27)10-12-17;/h5-8,13-14,16-17H,9-12,27H2,1-4H3;1H. The normalized spacial score (nSPS) is 17.4. The number of aromatic nitrogens is 1. The predicted molar refractivity (Wildman–Crippen MR) is 137 cm³/mol. The van der Waals surface area contributed by atoms with Crippen molar-refractivity contribution in [3.8, 4) is 28.4 Å². The van der Waals surface area contributed by atoms with Crippen molar-refractivity contribution in [1.29, 1.82) is 0 Å². The fourth-order valence-electron chi connectivity index (χ4n) is 4.89. The van der Waals surface area contributed by atoms with Crippen LogP contribution in [0.5, 0.6) is 17.2 Å². The van der Waals surface area contributed by atoms with Crippen LogP contribution >= 0.6 is 12.4 Å². The molecule has 1 heterocycles. The lowest BCUT2D eigenvalue weighted by Gasteiger charge is -2.30. The van der Waals surface area contributed by atoms with Crippen LogP contribution < -0.4 is 25.5 Å². The molecular formula is C26H31ClN2O6. The quantitative estimate of drug-likeness (QED) is 0.500. The van der Waals surface area contributed by atoms with E-state index in [0.29, 0.717) is 52.0 Å². The molecule has 0 spiro atoms. The number of hydrogen-bond acceptors (Lipinski definition) is 7. The Hall–Kier alpha value is -3.23. The number of methoxy groups -OCH3 is 4. The van der Waals surface area contributed by atoms with Crippen LogP contribution in [-0.2, 0) is 4.74 Å². The van der Waals surface area contributed by atoms with Crippen molar-refractivity contribution in [3.63, 3.8) is 0 Å². The van der Waals surface area contributed by atoms with Gasteiger partial charge < -0.3 is 24.7 Å². The topological polar surface area (TPSA) is 102 Å². The minimum Gasteiger partial charge on any atom is -0.493 e. The summed E-state index contributed by atoms with van der Waals surface area (Å²) in [6.45, 7) is 0. The molecule has 9 heteroatoms. The summed E-state index contributed by atoms with van der Waals surface area (Å²) in [5.41, 5.74) is 7.34. The van der Waals surface area contributed by atoms with E-state index in [1.54, 1.807) is 22.8 Å². The highest BCUT2D eigenvalue weighted by Gasteiger charge is 2.30. The maximum atomic E-state index is 13.7. The number of benzene rings is 2. The third-order valence-electron chi connectivity index (χ3n) is 6.56. The third-order valence-corrected chi connectivity index (χ3v) is 6.56. The molecule has 35 heavy (non-hydrogen) atoms. The number of nitrogens with zero attached hydrogens (tertiary/aromatic N) is 1. The lowest BCUT2D eigenvalue weighted by atomic mass is 9.89. The van der Waals surface area contributed by atoms with Crippen molar-refractivity contribution in [1.82, 2.24) is 4.57 Å². The van der Waals surface area contributed by atoms with Gasteiger partial charge in [-0.2, -0.15) is 0 Å². The first kappa shape index (κ1) is 26.4. The smallest absolute Gasteiger partial charge is 0.355 e. The van der Waals surface area contributed by atoms with E-state index in [1.807, 2.05) is 18.2 Å². The van der Waals surface area contributed by atoms with E-state index in [9.17, 15) is 9.59 Å². The summed E-state index contributed by atoms with van der Waals surface area (Å²) in [5.74, 6) is 0.741. The van der Waals surface area contributed by atoms with Crippen LogP contribution in [-0.4, -0.2) is 45.0 Å². The highest BCUT2D eigenvalue weighted by molar-refractivity contribution is 6.07. The van der Waals surface area contributed by atoms with Gasteiger partial charge >= 0.3 is 5.97 Å². The zero-order valence-electron chi connectivity index (χ0n) is 20.3. The van der Waals surface area contributed by atoms with E-state index in [4.69, 9.17) is 24.7 Å². The van der Waals surface area contributed by atoms with Gasteiger partial charge in [0.1, 0.15) is 5.69 Å². The summed E-state index contributed by atoms with van der Waals surface area (Å²) >= 11 is 0. The number of carbonyl (C=O) groups excluding carboxylic acids is 1. The second kappa shape index (κ2) is 11.0. The van der Waals surface area contributed by atoms with Gasteiger partial charge in [0.2, 0.25) is 5.75 Å². The Bertz CT molecular complexity index is 1260. The lowest BCUT2D eigenvalue weighted by molar-refractivity contribution is 0.0583. The molecule has 0 saturated heterocycles. The molecule has 1 fully saturated rings. The largest absolute Gasteiger partial charge is 0.493 e. The molecular weight excluding hydrogens is 472 g/mol. The van der Waals surface area contributed by atoms with E-state index < -0.39 is 5.97 Å². The maximum Gasteiger partial charge on any atom is 0.355 e. The first-order valence-electron chi connectivity index (χ1n) is 11.3. The van der Waals surface area contributed by atoms with Gasteiger partial charge in [-0.15, -0.1) is 12.4 Å². The van der Waals surface area contributed by atoms with Crippen molar-refractivity contribution in [3.05, 3.63) is 52.4 Å². The van der Waals surface area contributed by atoms with Gasteiger partial charge in [-0.05, 0) is 54.8 Å². The number of esters is 1. The molecule has 2 aromatic carbocycles. The predicted octanol–water partition coefficient (Wildman–Crippen LogP) is 4.35. The van der Waals surface area contributed by atoms with Crippen LogP contribution in [0.3, 0.4) is 0 Å². The number of halogens is 1. The monoisotopic (exact) mass is 502 g/mol. The van der Waals surface area contributed by atoms with Crippen LogP contribution in [0.2, 0.25) is 0 Å². The molecule has 0 atom stereocenters. The number of rotatable bonds is 6. The van der Waals surface area contributed by atoms with Crippen molar-refractivity contribution in [2.24, 2.45) is 5.73 Å². The average Bonchev–Trinajstić information content (AvgIpc) is 2.87. The molecule has 0 unspecified atom stereocenters. The second-order valence-electron chi connectivity index (χ2n) is 8.42. The summed E-state index contributed by atoms with van der Waals surface area (Å²) in [5, 5.41) is 1.17. The average molecular weight is 503 g/mol. The minimum atomic E-state index is -0.582. The first-order valence-corrected chi connectivity index (χ1v) is 11.3. The molecule has 0 radical (unpaired) electrons. The Morgan fingerprint density at radius 1 is 0.914 bits per heavy atom. The van der Waals surface area contributed by atoms with Crippen molar-refractivity contribution < 1.29 is 23.7 Å². The molecule has 1 aliphatic carbocycles. The van der Waals surface area contributed by atoms with Gasteiger partial charge in [0.15, 0.2) is 11.5 Å². The molecule has 1 saturated carbocycles. The van der Waals surface area contributed by atoms with Gasteiger partial charge in [0.05, 0.1) is 28.4 Å². The van der Waals surface area contributed by atoms with Crippen LogP contribution in [0.4, 0.5) is 0 Å². The van der Waals surface area contributed by atoms with Crippen molar-refractivity contribution in [2.45, 2.75) is 37.8 Å². The molecule has 4 rings (SSSR count). The van der Waals surface area contributed by atoms with Gasteiger partial charge in [-0.3, -0.25) is 9.36 Å². The highest BCUT2D eigenvalue weighted by Crippen LogP contribution is 2.44. The molecule has 0 aliphatic heterocycles. The Balaban J connectivity index is 0.00000342. The first-order chi connectivity index (χ1) is 16.4. The van der Waals surface area contributed by atoms with Gasteiger partial charge in [-0.25, -0.2) is 4.79 Å². The third kappa shape index (κ3) is 4.68. The van der Waals surface area contributed by atoms with Crippen molar-refractivity contribution in [2.75, 3.05) is 28.4 Å². The fraction of sp³-hybridized carbons (Fsp3) is 0.385.